The van der Waals surface area contributed by atoms with E-state index in [1.54, 1.807) is 0 Å². The van der Waals surface area contributed by atoms with Gasteiger partial charge in [0.25, 0.3) is 0 Å². The molecule has 0 bridgehead atoms. The van der Waals surface area contributed by atoms with E-state index in [-0.39, 0.29) is 17.2 Å². The number of carbonyl (C=O) groups is 3. The molecule has 1 aromatic rings. The lowest BCUT2D eigenvalue weighted by molar-refractivity contribution is -0.139. The van der Waals surface area contributed by atoms with Gasteiger partial charge in [0.05, 0.1) is 12.8 Å². The number of benzene rings is 1. The molecule has 21 heavy (non-hydrogen) atoms. The molecule has 7 heteroatoms. The van der Waals surface area contributed by atoms with Crippen molar-refractivity contribution < 1.29 is 29.0 Å². The lowest BCUT2D eigenvalue weighted by atomic mass is 10.2. The van der Waals surface area contributed by atoms with Gasteiger partial charge < -0.3 is 14.6 Å². The van der Waals surface area contributed by atoms with Crippen molar-refractivity contribution in [3.63, 3.8) is 0 Å². The Morgan fingerprint density at radius 3 is 2.29 bits per heavy atom. The van der Waals surface area contributed by atoms with Gasteiger partial charge in [-0.05, 0) is 19.1 Å². The highest BCUT2D eigenvalue weighted by Crippen LogP contribution is 2.33. The fourth-order valence-corrected chi connectivity index (χ4v) is 1.85. The zero-order valence-corrected chi connectivity index (χ0v) is 12.2. The molecular weight excluding hydrogens is 278 g/mol. The Labute approximate surface area is 122 Å². The molecule has 1 N–H and O–H groups in total. The van der Waals surface area contributed by atoms with E-state index in [9.17, 15) is 14.4 Å². The second-order valence-electron chi connectivity index (χ2n) is 4.33. The fourth-order valence-electron chi connectivity index (χ4n) is 1.85. The number of carbonyl (C=O) groups excluding carboxylic acids is 2. The fraction of sp³-hybridized carbons (Fsp3) is 0.357. The summed E-state index contributed by atoms with van der Waals surface area (Å²) >= 11 is 0. The van der Waals surface area contributed by atoms with Crippen molar-refractivity contribution >= 4 is 23.5 Å². The molecule has 1 atom stereocenters. The molecule has 1 amide bonds. The van der Waals surface area contributed by atoms with E-state index in [4.69, 9.17) is 14.6 Å². The average molecular weight is 295 g/mol. The Morgan fingerprint density at radius 1 is 1.24 bits per heavy atom. The lowest BCUT2D eigenvalue weighted by Gasteiger charge is -2.27. The molecule has 0 radical (unpaired) electrons. The van der Waals surface area contributed by atoms with Crippen LogP contribution in [0.25, 0.3) is 0 Å². The number of carboxylic acids is 1. The highest BCUT2D eigenvalue weighted by Gasteiger charge is 2.27. The van der Waals surface area contributed by atoms with E-state index in [1.165, 1.54) is 46.1 Å². The van der Waals surface area contributed by atoms with Gasteiger partial charge in [-0.2, -0.15) is 0 Å². The van der Waals surface area contributed by atoms with E-state index in [0.717, 1.165) is 4.90 Å². The number of rotatable bonds is 5. The molecule has 0 heterocycles. The van der Waals surface area contributed by atoms with Crippen LogP contribution in [-0.4, -0.2) is 36.1 Å². The van der Waals surface area contributed by atoms with E-state index in [2.05, 4.69) is 0 Å². The zero-order valence-electron chi connectivity index (χ0n) is 12.2. The zero-order chi connectivity index (χ0) is 16.2. The van der Waals surface area contributed by atoms with Gasteiger partial charge >= 0.3 is 11.9 Å². The third kappa shape index (κ3) is 3.95. The predicted octanol–water partition coefficient (Wildman–Crippen LogP) is 1.45. The number of methoxy groups -OCH3 is 1. The molecule has 1 aromatic carbocycles. The standard InChI is InChI=1S/C14H17NO6/c1-8(14(18)19)15(9(2)16)12-6-5-11(21-10(3)17)7-13(12)20-4/h5-8H,1-4H3,(H,18,19)/t8-/m0/s1. The summed E-state index contributed by atoms with van der Waals surface area (Å²) < 4.78 is 10.1. The summed E-state index contributed by atoms with van der Waals surface area (Å²) in [6.07, 6.45) is 0. The number of carboxylic acid groups (broad SMARTS) is 1. The Hall–Kier alpha value is -2.57. The van der Waals surface area contributed by atoms with Crippen LogP contribution in [0.15, 0.2) is 18.2 Å². The summed E-state index contributed by atoms with van der Waals surface area (Å²) in [4.78, 5) is 34.9. The molecule has 0 aliphatic carbocycles. The first-order chi connectivity index (χ1) is 9.77. The Kier molecular flexibility index (Phi) is 5.29. The van der Waals surface area contributed by atoms with E-state index >= 15 is 0 Å². The minimum absolute atomic E-state index is 0.233. The van der Waals surface area contributed by atoms with Gasteiger partial charge in [0, 0.05) is 19.9 Å². The quantitative estimate of drug-likeness (QED) is 0.652. The van der Waals surface area contributed by atoms with Crippen LogP contribution in [0, 0.1) is 0 Å². The largest absolute Gasteiger partial charge is 0.494 e. The molecule has 0 aliphatic heterocycles. The van der Waals surface area contributed by atoms with E-state index in [0.29, 0.717) is 0 Å². The van der Waals surface area contributed by atoms with Crippen molar-refractivity contribution in [2.45, 2.75) is 26.8 Å². The number of amides is 1. The summed E-state index contributed by atoms with van der Waals surface area (Å²) in [6.45, 7) is 3.91. The van der Waals surface area contributed by atoms with Crippen molar-refractivity contribution in [2.75, 3.05) is 12.0 Å². The lowest BCUT2D eigenvalue weighted by Crippen LogP contribution is -2.42. The maximum absolute atomic E-state index is 11.7. The first-order valence-electron chi connectivity index (χ1n) is 6.17. The summed E-state index contributed by atoms with van der Waals surface area (Å²) in [5, 5.41) is 9.10. The number of aliphatic carboxylic acids is 1. The first-order valence-corrected chi connectivity index (χ1v) is 6.17. The predicted molar refractivity (Wildman–Crippen MR) is 74.6 cm³/mol. The molecule has 0 aliphatic rings. The number of esters is 1. The topological polar surface area (TPSA) is 93.1 Å². The minimum atomic E-state index is -1.14. The molecule has 0 aromatic heterocycles. The van der Waals surface area contributed by atoms with Crippen molar-refractivity contribution in [1.29, 1.82) is 0 Å². The molecule has 0 saturated carbocycles. The molecule has 114 valence electrons. The van der Waals surface area contributed by atoms with E-state index < -0.39 is 23.9 Å². The highest BCUT2D eigenvalue weighted by molar-refractivity contribution is 5.99. The van der Waals surface area contributed by atoms with Gasteiger partial charge in [-0.1, -0.05) is 0 Å². The van der Waals surface area contributed by atoms with Crippen LogP contribution in [0.4, 0.5) is 5.69 Å². The van der Waals surface area contributed by atoms with Gasteiger partial charge in [0.1, 0.15) is 17.5 Å². The SMILES string of the molecule is COc1cc(OC(C)=O)ccc1N(C(C)=O)[C@@H](C)C(=O)O. The monoisotopic (exact) mass is 295 g/mol. The van der Waals surface area contributed by atoms with Gasteiger partial charge in [-0.15, -0.1) is 0 Å². The van der Waals surface area contributed by atoms with Crippen molar-refractivity contribution in [3.05, 3.63) is 18.2 Å². The number of nitrogens with zero attached hydrogens (tertiary/aromatic N) is 1. The highest BCUT2D eigenvalue weighted by atomic mass is 16.5. The first kappa shape index (κ1) is 16.5. The normalized spacial score (nSPS) is 11.4. The molecule has 0 unspecified atom stereocenters. The van der Waals surface area contributed by atoms with Crippen LogP contribution < -0.4 is 14.4 Å². The molecule has 7 nitrogen and oxygen atoms in total. The van der Waals surface area contributed by atoms with E-state index in [1.807, 2.05) is 0 Å². The molecular formula is C14H17NO6. The van der Waals surface area contributed by atoms with Crippen LogP contribution >= 0.6 is 0 Å². The average Bonchev–Trinajstić information content (AvgIpc) is 2.39. The maximum atomic E-state index is 11.7. The van der Waals surface area contributed by atoms with Gasteiger partial charge in [0.15, 0.2) is 0 Å². The molecule has 0 spiro atoms. The summed E-state index contributed by atoms with van der Waals surface area (Å²) in [6, 6.07) is 3.29. The van der Waals surface area contributed by atoms with Crippen molar-refractivity contribution in [2.24, 2.45) is 0 Å². The van der Waals surface area contributed by atoms with Crippen molar-refractivity contribution in [3.8, 4) is 11.5 Å². The second-order valence-corrected chi connectivity index (χ2v) is 4.33. The summed E-state index contributed by atoms with van der Waals surface area (Å²) in [5.41, 5.74) is 0.288. The number of hydrogen-bond acceptors (Lipinski definition) is 5. The number of hydrogen-bond donors (Lipinski definition) is 1. The molecule has 0 saturated heterocycles. The Balaban J connectivity index is 3.28. The maximum Gasteiger partial charge on any atom is 0.326 e. The second kappa shape index (κ2) is 6.74. The third-order valence-electron chi connectivity index (χ3n) is 2.76. The summed E-state index contributed by atoms with van der Waals surface area (Å²) in [7, 11) is 1.38. The van der Waals surface area contributed by atoms with Crippen molar-refractivity contribution in [1.82, 2.24) is 0 Å². The third-order valence-corrected chi connectivity index (χ3v) is 2.76. The molecule has 0 fully saturated rings. The smallest absolute Gasteiger partial charge is 0.326 e. The van der Waals surface area contributed by atoms with Crippen LogP contribution in [0.1, 0.15) is 20.8 Å². The van der Waals surface area contributed by atoms with Crippen LogP contribution in [0.3, 0.4) is 0 Å². The number of anilines is 1. The molecule has 1 rings (SSSR count). The van der Waals surface area contributed by atoms with Crippen LogP contribution in [0.5, 0.6) is 11.5 Å². The number of ether oxygens (including phenoxy) is 2. The van der Waals surface area contributed by atoms with Gasteiger partial charge in [-0.25, -0.2) is 4.79 Å². The Bertz CT molecular complexity index is 569. The summed E-state index contributed by atoms with van der Waals surface area (Å²) in [5.74, 6) is -1.60. The van der Waals surface area contributed by atoms with Crippen LogP contribution in [-0.2, 0) is 14.4 Å². The Morgan fingerprint density at radius 2 is 1.86 bits per heavy atom. The van der Waals surface area contributed by atoms with Gasteiger partial charge in [0.2, 0.25) is 5.91 Å². The minimum Gasteiger partial charge on any atom is -0.494 e. The van der Waals surface area contributed by atoms with Crippen LogP contribution in [0.2, 0.25) is 0 Å². The van der Waals surface area contributed by atoms with Gasteiger partial charge in [-0.3, -0.25) is 14.5 Å².